The van der Waals surface area contributed by atoms with Gasteiger partial charge < -0.3 is 9.88 Å². The summed E-state index contributed by atoms with van der Waals surface area (Å²) in [5, 5.41) is 2.54. The second kappa shape index (κ2) is 8.07. The van der Waals surface area contributed by atoms with Gasteiger partial charge in [0, 0.05) is 23.3 Å². The summed E-state index contributed by atoms with van der Waals surface area (Å²) >= 11 is 0. The topological polar surface area (TPSA) is 81.1 Å². The number of benzene rings is 1. The Bertz CT molecular complexity index is 1180. The molecule has 0 radical (unpaired) electrons. The van der Waals surface area contributed by atoms with Gasteiger partial charge in [0.25, 0.3) is 5.91 Å². The molecule has 0 saturated heterocycles. The smallest absolute Gasteiger partial charge is 0.257 e. The summed E-state index contributed by atoms with van der Waals surface area (Å²) in [6, 6.07) is 14.0. The van der Waals surface area contributed by atoms with Gasteiger partial charge in [0.05, 0.1) is 15.7 Å². The zero-order valence-corrected chi connectivity index (χ0v) is 17.9. The van der Waals surface area contributed by atoms with Crippen molar-refractivity contribution in [2.24, 2.45) is 0 Å². The predicted molar refractivity (Wildman–Crippen MR) is 117 cm³/mol. The van der Waals surface area contributed by atoms with Crippen LogP contribution in [0.1, 0.15) is 47.4 Å². The van der Waals surface area contributed by atoms with Gasteiger partial charge in [-0.1, -0.05) is 25.0 Å². The summed E-state index contributed by atoms with van der Waals surface area (Å²) < 4.78 is 27.7. The Morgan fingerprint density at radius 3 is 2.53 bits per heavy atom. The molecule has 4 rings (SSSR count). The maximum absolute atomic E-state index is 13.0. The third kappa shape index (κ3) is 3.77. The van der Waals surface area contributed by atoms with Gasteiger partial charge in [0.15, 0.2) is 9.84 Å². The molecule has 0 aliphatic heterocycles. The van der Waals surface area contributed by atoms with E-state index in [0.29, 0.717) is 24.1 Å². The van der Waals surface area contributed by atoms with Gasteiger partial charge in [0.1, 0.15) is 5.82 Å². The van der Waals surface area contributed by atoms with Gasteiger partial charge >= 0.3 is 0 Å². The maximum Gasteiger partial charge on any atom is 0.257 e. The molecule has 1 aliphatic carbocycles. The minimum Gasteiger partial charge on any atom is -0.322 e. The molecule has 0 bridgehead atoms. The van der Waals surface area contributed by atoms with Crippen molar-refractivity contribution in [3.63, 3.8) is 0 Å². The first-order valence-corrected chi connectivity index (χ1v) is 11.7. The molecule has 6 nitrogen and oxygen atoms in total. The Kier molecular flexibility index (Phi) is 5.47. The highest BCUT2D eigenvalue weighted by Crippen LogP contribution is 2.30. The number of carbonyl (C=O) groups is 1. The second-order valence-electron chi connectivity index (χ2n) is 7.74. The van der Waals surface area contributed by atoms with Crippen LogP contribution >= 0.6 is 0 Å². The van der Waals surface area contributed by atoms with Crippen molar-refractivity contribution in [1.29, 1.82) is 0 Å². The molecule has 1 aromatic carbocycles. The number of amides is 1. The molecule has 0 atom stereocenters. The largest absolute Gasteiger partial charge is 0.322 e. The van der Waals surface area contributed by atoms with E-state index in [1.54, 1.807) is 30.5 Å². The molecule has 1 saturated carbocycles. The number of aryl methyl sites for hydroxylation is 1. The highest BCUT2D eigenvalue weighted by molar-refractivity contribution is 7.92. The Morgan fingerprint density at radius 1 is 1.07 bits per heavy atom. The standard InChI is InChI=1S/C23H25N3O3S/c1-16-14-21(17(2)26(16)22-12-5-6-13-24-22)23(27)25-18-8-7-11-20(15-18)30(28,29)19-9-3-4-10-19/h5-8,11-15,19H,3-4,9-10H2,1-2H3,(H,25,27). The van der Waals surface area contributed by atoms with E-state index in [1.165, 1.54) is 0 Å². The predicted octanol–water partition coefficient (Wildman–Crippen LogP) is 4.46. The molecular formula is C23H25N3O3S. The van der Waals surface area contributed by atoms with E-state index in [4.69, 9.17) is 0 Å². The van der Waals surface area contributed by atoms with Crippen LogP contribution < -0.4 is 5.32 Å². The molecule has 2 heterocycles. The Hall–Kier alpha value is -2.93. The first kappa shape index (κ1) is 20.3. The SMILES string of the molecule is Cc1cc(C(=O)Nc2cccc(S(=O)(=O)C3CCCC3)c2)c(C)n1-c1ccccn1. The van der Waals surface area contributed by atoms with Crippen LogP contribution in [-0.2, 0) is 9.84 Å². The molecule has 1 fully saturated rings. The van der Waals surface area contributed by atoms with Gasteiger partial charge in [-0.25, -0.2) is 13.4 Å². The van der Waals surface area contributed by atoms with Crippen LogP contribution in [0.4, 0.5) is 5.69 Å². The molecule has 0 spiro atoms. The number of aromatic nitrogens is 2. The number of nitrogens with one attached hydrogen (secondary N) is 1. The lowest BCUT2D eigenvalue weighted by Gasteiger charge is -2.13. The summed E-state index contributed by atoms with van der Waals surface area (Å²) in [6.45, 7) is 3.80. The van der Waals surface area contributed by atoms with E-state index >= 15 is 0 Å². The van der Waals surface area contributed by atoms with Crippen molar-refractivity contribution in [2.75, 3.05) is 5.32 Å². The maximum atomic E-state index is 13.0. The van der Waals surface area contributed by atoms with E-state index in [9.17, 15) is 13.2 Å². The normalized spacial score (nSPS) is 14.7. The first-order chi connectivity index (χ1) is 14.4. The van der Waals surface area contributed by atoms with Crippen LogP contribution in [0, 0.1) is 13.8 Å². The van der Waals surface area contributed by atoms with Crippen LogP contribution in [-0.4, -0.2) is 29.1 Å². The summed E-state index contributed by atoms with van der Waals surface area (Å²) in [6.07, 6.45) is 5.03. The van der Waals surface area contributed by atoms with Crippen molar-refractivity contribution < 1.29 is 13.2 Å². The Morgan fingerprint density at radius 2 is 1.83 bits per heavy atom. The van der Waals surface area contributed by atoms with Gasteiger partial charge in [-0.3, -0.25) is 4.79 Å². The molecule has 7 heteroatoms. The fourth-order valence-corrected chi connectivity index (χ4v) is 6.07. The third-order valence-corrected chi connectivity index (χ3v) is 7.98. The monoisotopic (exact) mass is 423 g/mol. The lowest BCUT2D eigenvalue weighted by atomic mass is 10.2. The molecule has 1 N–H and O–H groups in total. The van der Waals surface area contributed by atoms with Crippen molar-refractivity contribution in [1.82, 2.24) is 9.55 Å². The van der Waals surface area contributed by atoms with Crippen molar-refractivity contribution in [3.05, 3.63) is 71.7 Å². The number of carbonyl (C=O) groups excluding carboxylic acids is 1. The average molecular weight is 424 g/mol. The molecule has 2 aromatic heterocycles. The number of hydrogen-bond donors (Lipinski definition) is 1. The summed E-state index contributed by atoms with van der Waals surface area (Å²) in [5.74, 6) is 0.469. The summed E-state index contributed by atoms with van der Waals surface area (Å²) in [7, 11) is -3.37. The highest BCUT2D eigenvalue weighted by atomic mass is 32.2. The molecule has 3 aromatic rings. The number of anilines is 1. The number of hydrogen-bond acceptors (Lipinski definition) is 4. The zero-order valence-electron chi connectivity index (χ0n) is 17.1. The van der Waals surface area contributed by atoms with Crippen LogP contribution in [0.3, 0.4) is 0 Å². The molecule has 30 heavy (non-hydrogen) atoms. The van der Waals surface area contributed by atoms with E-state index in [0.717, 1.165) is 30.0 Å². The van der Waals surface area contributed by atoms with Crippen LogP contribution in [0.2, 0.25) is 0 Å². The van der Waals surface area contributed by atoms with Crippen molar-refractivity contribution in [2.45, 2.75) is 49.7 Å². The second-order valence-corrected chi connectivity index (χ2v) is 9.97. The minimum absolute atomic E-state index is 0.270. The number of pyridine rings is 1. The first-order valence-electron chi connectivity index (χ1n) is 10.1. The van der Waals surface area contributed by atoms with Crippen LogP contribution in [0.15, 0.2) is 59.6 Å². The highest BCUT2D eigenvalue weighted by Gasteiger charge is 2.30. The molecule has 1 amide bonds. The zero-order chi connectivity index (χ0) is 21.3. The molecule has 156 valence electrons. The summed E-state index contributed by atoms with van der Waals surface area (Å²) in [4.78, 5) is 17.6. The fourth-order valence-electron chi connectivity index (χ4n) is 4.17. The summed E-state index contributed by atoms with van der Waals surface area (Å²) in [5.41, 5.74) is 2.68. The van der Waals surface area contributed by atoms with Gasteiger partial charge in [-0.2, -0.15) is 0 Å². The van der Waals surface area contributed by atoms with Crippen LogP contribution in [0.5, 0.6) is 0 Å². The molecule has 0 unspecified atom stereocenters. The third-order valence-electron chi connectivity index (χ3n) is 5.72. The Balaban J connectivity index is 1.60. The minimum atomic E-state index is -3.37. The number of rotatable bonds is 5. The lowest BCUT2D eigenvalue weighted by molar-refractivity contribution is 0.102. The number of nitrogens with zero attached hydrogens (tertiary/aromatic N) is 2. The van der Waals surface area contributed by atoms with E-state index in [2.05, 4.69) is 10.3 Å². The Labute approximate surface area is 176 Å². The van der Waals surface area contributed by atoms with Crippen LogP contribution in [0.25, 0.3) is 5.82 Å². The van der Waals surface area contributed by atoms with E-state index in [1.807, 2.05) is 42.7 Å². The van der Waals surface area contributed by atoms with Crippen molar-refractivity contribution >= 4 is 21.4 Å². The van der Waals surface area contributed by atoms with E-state index in [-0.39, 0.29) is 16.1 Å². The fraction of sp³-hybridized carbons (Fsp3) is 0.304. The number of sulfone groups is 1. The van der Waals surface area contributed by atoms with Gasteiger partial charge in [-0.15, -0.1) is 0 Å². The van der Waals surface area contributed by atoms with Crippen molar-refractivity contribution in [3.8, 4) is 5.82 Å². The van der Waals surface area contributed by atoms with Gasteiger partial charge in [0.2, 0.25) is 0 Å². The average Bonchev–Trinajstić information content (AvgIpc) is 3.38. The lowest BCUT2D eigenvalue weighted by Crippen LogP contribution is -2.18. The van der Waals surface area contributed by atoms with E-state index < -0.39 is 9.84 Å². The molecular weight excluding hydrogens is 398 g/mol. The quantitative estimate of drug-likeness (QED) is 0.657. The van der Waals surface area contributed by atoms with Gasteiger partial charge in [-0.05, 0) is 63.1 Å². The molecule has 1 aliphatic rings.